The smallest absolute Gasteiger partial charge is 0.308 e. The highest BCUT2D eigenvalue weighted by Crippen LogP contribution is 2.20. The number of nitrogens with zero attached hydrogens (tertiary/aromatic N) is 2. The molecular formula is C6H7F3N4. The summed E-state index contributed by atoms with van der Waals surface area (Å²) in [5.74, 6) is 5.12. The molecule has 0 saturated carbocycles. The van der Waals surface area contributed by atoms with E-state index in [1.807, 2.05) is 0 Å². The maximum absolute atomic E-state index is 11.9. The minimum atomic E-state index is -4.26. The number of hydrogen-bond donors (Lipinski definition) is 2. The van der Waals surface area contributed by atoms with E-state index in [1.165, 1.54) is 0 Å². The van der Waals surface area contributed by atoms with E-state index in [9.17, 15) is 13.2 Å². The van der Waals surface area contributed by atoms with Crippen molar-refractivity contribution in [3.63, 3.8) is 0 Å². The van der Waals surface area contributed by atoms with E-state index in [0.717, 1.165) is 12.4 Å². The molecule has 0 amide bonds. The summed E-state index contributed by atoms with van der Waals surface area (Å²) in [7, 11) is 0. The third-order valence-electron chi connectivity index (χ3n) is 1.25. The number of rotatable bonds is 2. The van der Waals surface area contributed by atoms with Crippen LogP contribution in [0.3, 0.4) is 0 Å². The van der Waals surface area contributed by atoms with Crippen molar-refractivity contribution in [3.05, 3.63) is 18.1 Å². The van der Waals surface area contributed by atoms with E-state index in [0.29, 0.717) is 0 Å². The van der Waals surface area contributed by atoms with Crippen LogP contribution < -0.4 is 11.3 Å². The fourth-order valence-corrected chi connectivity index (χ4v) is 0.779. The van der Waals surface area contributed by atoms with Gasteiger partial charge in [0.2, 0.25) is 0 Å². The van der Waals surface area contributed by atoms with Gasteiger partial charge in [-0.25, -0.2) is 15.8 Å². The van der Waals surface area contributed by atoms with Gasteiger partial charge in [-0.2, -0.15) is 13.2 Å². The highest BCUT2D eigenvalue weighted by atomic mass is 19.4. The Balaban J connectivity index is 2.78. The first-order chi connectivity index (χ1) is 6.01. The number of hydrogen-bond acceptors (Lipinski definition) is 4. The molecule has 0 fully saturated rings. The predicted molar refractivity (Wildman–Crippen MR) is 39.6 cm³/mol. The first kappa shape index (κ1) is 9.72. The average molecular weight is 192 g/mol. The molecule has 0 aromatic carbocycles. The first-order valence-corrected chi connectivity index (χ1v) is 3.35. The van der Waals surface area contributed by atoms with Crippen molar-refractivity contribution in [2.24, 2.45) is 5.84 Å². The number of anilines is 1. The topological polar surface area (TPSA) is 63.8 Å². The Morgan fingerprint density at radius 2 is 2.08 bits per heavy atom. The standard InChI is InChI=1S/C6H7F3N4/c7-6(8,9)2-4-1-5(13-10)12-3-11-4/h1,3H,2,10H2,(H,11,12,13). The van der Waals surface area contributed by atoms with Crippen molar-refractivity contribution in [2.45, 2.75) is 12.6 Å². The van der Waals surface area contributed by atoms with Crippen LogP contribution in [-0.4, -0.2) is 16.1 Å². The van der Waals surface area contributed by atoms with E-state index in [1.54, 1.807) is 0 Å². The Bertz CT molecular complexity index is 285. The molecule has 7 heteroatoms. The van der Waals surface area contributed by atoms with Crippen LogP contribution in [0.5, 0.6) is 0 Å². The van der Waals surface area contributed by atoms with E-state index in [-0.39, 0.29) is 11.5 Å². The van der Waals surface area contributed by atoms with Gasteiger partial charge in [0.25, 0.3) is 0 Å². The zero-order valence-electron chi connectivity index (χ0n) is 6.47. The van der Waals surface area contributed by atoms with Gasteiger partial charge in [0.1, 0.15) is 12.1 Å². The maximum atomic E-state index is 11.9. The highest BCUT2D eigenvalue weighted by molar-refractivity contribution is 5.32. The Morgan fingerprint density at radius 3 is 2.62 bits per heavy atom. The van der Waals surface area contributed by atoms with Gasteiger partial charge in [0, 0.05) is 6.07 Å². The zero-order valence-corrected chi connectivity index (χ0v) is 6.47. The van der Waals surface area contributed by atoms with Crippen LogP contribution in [-0.2, 0) is 6.42 Å². The minimum absolute atomic E-state index is 0.115. The van der Waals surface area contributed by atoms with Crippen molar-refractivity contribution in [1.29, 1.82) is 0 Å². The average Bonchev–Trinajstić information content (AvgIpc) is 2.01. The molecule has 13 heavy (non-hydrogen) atoms. The van der Waals surface area contributed by atoms with Gasteiger partial charge in [-0.1, -0.05) is 0 Å². The van der Waals surface area contributed by atoms with Crippen molar-refractivity contribution in [3.8, 4) is 0 Å². The third-order valence-corrected chi connectivity index (χ3v) is 1.25. The van der Waals surface area contributed by atoms with Crippen LogP contribution in [0.4, 0.5) is 19.0 Å². The van der Waals surface area contributed by atoms with E-state index >= 15 is 0 Å². The summed E-state index contributed by atoms with van der Waals surface area (Å²) in [6.07, 6.45) is -4.32. The molecule has 4 nitrogen and oxygen atoms in total. The molecule has 0 saturated heterocycles. The second-order valence-electron chi connectivity index (χ2n) is 2.33. The SMILES string of the molecule is NNc1cc(CC(F)(F)F)ncn1. The number of hydrazine groups is 1. The molecule has 0 aliphatic rings. The Kier molecular flexibility index (Phi) is 2.66. The molecule has 0 atom stereocenters. The maximum Gasteiger partial charge on any atom is 0.394 e. The highest BCUT2D eigenvalue weighted by Gasteiger charge is 2.28. The van der Waals surface area contributed by atoms with Crippen molar-refractivity contribution >= 4 is 5.82 Å². The molecule has 0 spiro atoms. The Hall–Kier alpha value is -1.37. The quantitative estimate of drug-likeness (QED) is 0.539. The minimum Gasteiger partial charge on any atom is -0.308 e. The molecule has 1 aromatic rings. The molecule has 0 bridgehead atoms. The van der Waals surface area contributed by atoms with Crippen LogP contribution in [0.25, 0.3) is 0 Å². The molecule has 0 unspecified atom stereocenters. The van der Waals surface area contributed by atoms with Gasteiger partial charge in [0.15, 0.2) is 0 Å². The summed E-state index contributed by atoms with van der Waals surface area (Å²) in [6.45, 7) is 0. The van der Waals surface area contributed by atoms with Gasteiger partial charge < -0.3 is 5.43 Å². The summed E-state index contributed by atoms with van der Waals surface area (Å²) in [4.78, 5) is 7.02. The second-order valence-corrected chi connectivity index (χ2v) is 2.33. The van der Waals surface area contributed by atoms with Gasteiger partial charge in [-0.15, -0.1) is 0 Å². The van der Waals surface area contributed by atoms with Crippen LogP contribution in [0.1, 0.15) is 5.69 Å². The lowest BCUT2D eigenvalue weighted by Crippen LogP contribution is -2.14. The van der Waals surface area contributed by atoms with Gasteiger partial charge in [-0.3, -0.25) is 0 Å². The summed E-state index contributed by atoms with van der Waals surface area (Å²) in [6, 6.07) is 1.15. The normalized spacial score (nSPS) is 11.4. The summed E-state index contributed by atoms with van der Waals surface area (Å²) < 4.78 is 35.6. The van der Waals surface area contributed by atoms with Crippen LogP contribution in [0, 0.1) is 0 Å². The number of nitrogens with two attached hydrogens (primary N) is 1. The van der Waals surface area contributed by atoms with Gasteiger partial charge in [0.05, 0.1) is 12.1 Å². The number of halogens is 3. The molecule has 0 aliphatic carbocycles. The van der Waals surface area contributed by atoms with E-state index in [2.05, 4.69) is 15.4 Å². The number of nitrogens with one attached hydrogen (secondary N) is 1. The fourth-order valence-electron chi connectivity index (χ4n) is 0.779. The molecule has 1 rings (SSSR count). The second kappa shape index (κ2) is 3.56. The van der Waals surface area contributed by atoms with Crippen molar-refractivity contribution < 1.29 is 13.2 Å². The zero-order chi connectivity index (χ0) is 9.90. The third kappa shape index (κ3) is 3.24. The molecule has 72 valence electrons. The Labute approximate surface area is 72.0 Å². The van der Waals surface area contributed by atoms with Crippen LogP contribution in [0.2, 0.25) is 0 Å². The summed E-state index contributed by atoms with van der Waals surface area (Å²) >= 11 is 0. The van der Waals surface area contributed by atoms with Gasteiger partial charge in [-0.05, 0) is 0 Å². The molecule has 1 heterocycles. The lowest BCUT2D eigenvalue weighted by Gasteiger charge is -2.05. The number of nitrogen functional groups attached to an aromatic ring is 1. The lowest BCUT2D eigenvalue weighted by molar-refractivity contribution is -0.127. The van der Waals surface area contributed by atoms with E-state index in [4.69, 9.17) is 5.84 Å². The summed E-state index contributed by atoms with van der Waals surface area (Å²) in [5, 5.41) is 0. The Morgan fingerprint density at radius 1 is 1.38 bits per heavy atom. The lowest BCUT2D eigenvalue weighted by atomic mass is 10.3. The predicted octanol–water partition coefficient (Wildman–Crippen LogP) is 0.867. The number of alkyl halides is 3. The van der Waals surface area contributed by atoms with Gasteiger partial charge >= 0.3 is 6.18 Å². The molecule has 3 N–H and O–H groups in total. The molecule has 0 radical (unpaired) electrons. The fraction of sp³-hybridized carbons (Fsp3) is 0.333. The molecule has 1 aromatic heterocycles. The first-order valence-electron chi connectivity index (χ1n) is 3.35. The van der Waals surface area contributed by atoms with Crippen molar-refractivity contribution in [2.75, 3.05) is 5.43 Å². The monoisotopic (exact) mass is 192 g/mol. The van der Waals surface area contributed by atoms with Crippen LogP contribution >= 0.6 is 0 Å². The molecule has 0 aliphatic heterocycles. The summed E-state index contributed by atoms with van der Waals surface area (Å²) in [5.41, 5.74) is 2.02. The van der Waals surface area contributed by atoms with E-state index < -0.39 is 12.6 Å². The van der Waals surface area contributed by atoms with Crippen molar-refractivity contribution in [1.82, 2.24) is 9.97 Å². The largest absolute Gasteiger partial charge is 0.394 e. The number of aromatic nitrogens is 2. The van der Waals surface area contributed by atoms with Crippen LogP contribution in [0.15, 0.2) is 12.4 Å². The molecular weight excluding hydrogens is 185 g/mol.